The molecule has 1 aliphatic rings. The zero-order valence-electron chi connectivity index (χ0n) is 21.4. The summed E-state index contributed by atoms with van der Waals surface area (Å²) in [7, 11) is 6.19. The van der Waals surface area contributed by atoms with Crippen molar-refractivity contribution in [2.75, 3.05) is 48.2 Å². The Morgan fingerprint density at radius 3 is 2.25 bits per heavy atom. The molecule has 0 aliphatic carbocycles. The molecule has 1 fully saturated rings. The van der Waals surface area contributed by atoms with Gasteiger partial charge in [0.2, 0.25) is 5.91 Å². The van der Waals surface area contributed by atoms with E-state index in [0.717, 1.165) is 41.6 Å². The summed E-state index contributed by atoms with van der Waals surface area (Å²) in [6.07, 6.45) is 2.02. The second-order valence-corrected chi connectivity index (χ2v) is 8.56. The molecule has 0 radical (unpaired) electrons. The molecule has 9 heteroatoms. The molecule has 1 heterocycles. The van der Waals surface area contributed by atoms with Crippen LogP contribution in [-0.2, 0) is 36.8 Å². The molecule has 36 heavy (non-hydrogen) atoms. The molecule has 0 aromatic heterocycles. The first-order valence-corrected chi connectivity index (χ1v) is 12.0. The van der Waals surface area contributed by atoms with Gasteiger partial charge in [-0.1, -0.05) is 24.3 Å². The maximum absolute atomic E-state index is 12.5. The standard InChI is InChI=1S/C27H36N2O7/c1-32-12-13-36-17-19-15-23(33-2)25(24(16-19)34-3)20-9-7-18(8-10-20)14-22(27(31)35-4)29-26(30)21-6-5-11-28-21/h7-10,15-16,21-22,28H,5-6,11-14,17H2,1-4H3,(H,29,30)/t21-,22-/m0/s1. The molecule has 2 atom stereocenters. The van der Waals surface area contributed by atoms with Crippen LogP contribution in [0.25, 0.3) is 11.1 Å². The van der Waals surface area contributed by atoms with Gasteiger partial charge in [0.15, 0.2) is 0 Å². The molecule has 2 aromatic rings. The normalized spacial score (nSPS) is 15.8. The van der Waals surface area contributed by atoms with E-state index in [4.69, 9.17) is 23.7 Å². The highest BCUT2D eigenvalue weighted by atomic mass is 16.5. The van der Waals surface area contributed by atoms with E-state index >= 15 is 0 Å². The highest BCUT2D eigenvalue weighted by molar-refractivity contribution is 5.88. The molecule has 196 valence electrons. The lowest BCUT2D eigenvalue weighted by atomic mass is 9.98. The first-order chi connectivity index (χ1) is 17.5. The molecule has 0 unspecified atom stereocenters. The third-order valence-electron chi connectivity index (χ3n) is 6.13. The third-order valence-corrected chi connectivity index (χ3v) is 6.13. The Morgan fingerprint density at radius 2 is 1.69 bits per heavy atom. The Kier molecular flexibility index (Phi) is 10.5. The Hall–Kier alpha value is -3.14. The van der Waals surface area contributed by atoms with Gasteiger partial charge in [0, 0.05) is 13.5 Å². The Labute approximate surface area is 212 Å². The molecule has 1 aliphatic heterocycles. The van der Waals surface area contributed by atoms with E-state index in [1.165, 1.54) is 7.11 Å². The van der Waals surface area contributed by atoms with Crippen LogP contribution >= 0.6 is 0 Å². The van der Waals surface area contributed by atoms with Gasteiger partial charge < -0.3 is 34.3 Å². The van der Waals surface area contributed by atoms with Crippen LogP contribution in [0.2, 0.25) is 0 Å². The lowest BCUT2D eigenvalue weighted by Gasteiger charge is -2.20. The van der Waals surface area contributed by atoms with Gasteiger partial charge in [0.1, 0.15) is 17.5 Å². The fourth-order valence-corrected chi connectivity index (χ4v) is 4.23. The number of nitrogens with one attached hydrogen (secondary N) is 2. The number of carbonyl (C=O) groups excluding carboxylic acids is 2. The van der Waals surface area contributed by atoms with Crippen molar-refractivity contribution in [3.63, 3.8) is 0 Å². The molecule has 2 N–H and O–H groups in total. The molecule has 0 bridgehead atoms. The Bertz CT molecular complexity index is 979. The second-order valence-electron chi connectivity index (χ2n) is 8.56. The van der Waals surface area contributed by atoms with Crippen molar-refractivity contribution in [1.82, 2.24) is 10.6 Å². The lowest BCUT2D eigenvalue weighted by Crippen LogP contribution is -2.49. The van der Waals surface area contributed by atoms with E-state index in [1.807, 2.05) is 36.4 Å². The molecule has 9 nitrogen and oxygen atoms in total. The maximum atomic E-state index is 12.5. The third kappa shape index (κ3) is 7.19. The van der Waals surface area contributed by atoms with Crippen LogP contribution < -0.4 is 20.1 Å². The average Bonchev–Trinajstić information content (AvgIpc) is 3.45. The topological polar surface area (TPSA) is 104 Å². The minimum atomic E-state index is -0.766. The van der Waals surface area contributed by atoms with E-state index in [0.29, 0.717) is 37.7 Å². The van der Waals surface area contributed by atoms with E-state index in [1.54, 1.807) is 21.3 Å². The van der Waals surface area contributed by atoms with Gasteiger partial charge in [0.05, 0.1) is 52.8 Å². The van der Waals surface area contributed by atoms with Crippen molar-refractivity contribution < 1.29 is 33.3 Å². The van der Waals surface area contributed by atoms with Crippen LogP contribution in [0.3, 0.4) is 0 Å². The zero-order chi connectivity index (χ0) is 25.9. The highest BCUT2D eigenvalue weighted by Crippen LogP contribution is 2.40. The lowest BCUT2D eigenvalue weighted by molar-refractivity contribution is -0.145. The molecule has 1 amide bonds. The van der Waals surface area contributed by atoms with E-state index < -0.39 is 12.0 Å². The first kappa shape index (κ1) is 27.4. The first-order valence-electron chi connectivity index (χ1n) is 12.0. The Morgan fingerprint density at radius 1 is 1.00 bits per heavy atom. The minimum Gasteiger partial charge on any atom is -0.496 e. The van der Waals surface area contributed by atoms with Crippen molar-refractivity contribution in [2.24, 2.45) is 0 Å². The Balaban J connectivity index is 1.76. The molecule has 0 spiro atoms. The van der Waals surface area contributed by atoms with Gasteiger partial charge in [-0.2, -0.15) is 0 Å². The van der Waals surface area contributed by atoms with Gasteiger partial charge >= 0.3 is 5.97 Å². The molecule has 0 saturated carbocycles. The van der Waals surface area contributed by atoms with Crippen molar-refractivity contribution in [1.29, 1.82) is 0 Å². The van der Waals surface area contributed by atoms with Crippen molar-refractivity contribution in [2.45, 2.75) is 38.0 Å². The van der Waals surface area contributed by atoms with Gasteiger partial charge in [-0.15, -0.1) is 0 Å². The molecular weight excluding hydrogens is 464 g/mol. The summed E-state index contributed by atoms with van der Waals surface area (Å²) in [5, 5.41) is 5.99. The summed E-state index contributed by atoms with van der Waals surface area (Å²) in [6, 6.07) is 10.6. The number of hydrogen-bond donors (Lipinski definition) is 2. The smallest absolute Gasteiger partial charge is 0.328 e. The summed E-state index contributed by atoms with van der Waals surface area (Å²) in [5.41, 5.74) is 3.52. The van der Waals surface area contributed by atoms with Crippen LogP contribution in [0.4, 0.5) is 0 Å². The number of amides is 1. The molecule has 3 rings (SSSR count). The number of hydrogen-bond acceptors (Lipinski definition) is 8. The maximum Gasteiger partial charge on any atom is 0.328 e. The summed E-state index contributed by atoms with van der Waals surface area (Å²) < 4.78 is 26.9. The number of benzene rings is 2. The molecule has 2 aromatic carbocycles. The summed E-state index contributed by atoms with van der Waals surface area (Å²) in [6.45, 7) is 2.23. The van der Waals surface area contributed by atoms with Crippen LogP contribution in [-0.4, -0.2) is 72.2 Å². The van der Waals surface area contributed by atoms with Crippen LogP contribution in [0.1, 0.15) is 24.0 Å². The van der Waals surface area contributed by atoms with Gasteiger partial charge in [-0.25, -0.2) is 4.79 Å². The predicted molar refractivity (Wildman–Crippen MR) is 135 cm³/mol. The van der Waals surface area contributed by atoms with Crippen LogP contribution in [0.15, 0.2) is 36.4 Å². The summed E-state index contributed by atoms with van der Waals surface area (Å²) >= 11 is 0. The minimum absolute atomic E-state index is 0.180. The zero-order valence-corrected chi connectivity index (χ0v) is 21.4. The predicted octanol–water partition coefficient (Wildman–Crippen LogP) is 2.49. The van der Waals surface area contributed by atoms with Crippen LogP contribution in [0, 0.1) is 0 Å². The van der Waals surface area contributed by atoms with Crippen molar-refractivity contribution in [3.8, 4) is 22.6 Å². The quantitative estimate of drug-likeness (QED) is 0.319. The number of carbonyl (C=O) groups is 2. The average molecular weight is 501 g/mol. The van der Waals surface area contributed by atoms with Gasteiger partial charge in [-0.05, 0) is 48.2 Å². The number of rotatable bonds is 13. The van der Waals surface area contributed by atoms with Crippen LogP contribution in [0.5, 0.6) is 11.5 Å². The van der Waals surface area contributed by atoms with E-state index in [2.05, 4.69) is 10.6 Å². The monoisotopic (exact) mass is 500 g/mol. The van der Waals surface area contributed by atoms with Gasteiger partial charge in [0.25, 0.3) is 0 Å². The summed E-state index contributed by atoms with van der Waals surface area (Å²) in [5.74, 6) is 0.671. The fraction of sp³-hybridized carbons (Fsp3) is 0.481. The van der Waals surface area contributed by atoms with Crippen molar-refractivity contribution >= 4 is 11.9 Å². The number of ether oxygens (including phenoxy) is 5. The highest BCUT2D eigenvalue weighted by Gasteiger charge is 2.28. The van der Waals surface area contributed by atoms with E-state index in [9.17, 15) is 9.59 Å². The number of methoxy groups -OCH3 is 4. The second kappa shape index (κ2) is 13.8. The summed E-state index contributed by atoms with van der Waals surface area (Å²) in [4.78, 5) is 24.9. The largest absolute Gasteiger partial charge is 0.496 e. The van der Waals surface area contributed by atoms with Gasteiger partial charge in [-0.3, -0.25) is 4.79 Å². The van der Waals surface area contributed by atoms with Crippen molar-refractivity contribution in [3.05, 3.63) is 47.5 Å². The molecular formula is C27H36N2O7. The number of esters is 1. The fourth-order valence-electron chi connectivity index (χ4n) is 4.23. The molecule has 1 saturated heterocycles. The van der Waals surface area contributed by atoms with E-state index in [-0.39, 0.29) is 11.9 Å². The SMILES string of the molecule is COCCOCc1cc(OC)c(-c2ccc(C[C@H](NC(=O)[C@@H]3CCCN3)C(=O)OC)cc2)c(OC)c1.